The molecule has 2 aromatic carbocycles. The van der Waals surface area contributed by atoms with Gasteiger partial charge < -0.3 is 30.8 Å². The summed E-state index contributed by atoms with van der Waals surface area (Å²) >= 11 is 0. The Hall–Kier alpha value is -5.60. The number of aliphatic hydroxyl groups excluding tert-OH is 2. The first kappa shape index (κ1) is 35.7. The number of ketones is 2. The van der Waals surface area contributed by atoms with Crippen molar-refractivity contribution in [1.29, 1.82) is 0 Å². The number of anilines is 2. The Morgan fingerprint density at radius 2 is 1.00 bits per heavy atom. The van der Waals surface area contributed by atoms with Gasteiger partial charge in [0.2, 0.25) is 11.6 Å². The number of nitrogens with two attached hydrogens (primary N) is 2. The molecule has 6 N–H and O–H groups in total. The largest absolute Gasteiger partial charge is 0.396 e. The third-order valence-electron chi connectivity index (χ3n) is 8.27. The van der Waals surface area contributed by atoms with Crippen LogP contribution in [0, 0.1) is 13.8 Å². The summed E-state index contributed by atoms with van der Waals surface area (Å²) in [5.41, 5.74) is 18.2. The fourth-order valence-electron chi connectivity index (χ4n) is 5.99. The molecule has 6 aromatic rings. The Morgan fingerprint density at radius 3 is 1.32 bits per heavy atom. The molecule has 4 aromatic heterocycles. The topological polar surface area (TPSA) is 188 Å². The van der Waals surface area contributed by atoms with Crippen LogP contribution < -0.4 is 11.5 Å². The third kappa shape index (κ3) is 6.93. The summed E-state index contributed by atoms with van der Waals surface area (Å²) in [7, 11) is 0. The van der Waals surface area contributed by atoms with E-state index in [0.29, 0.717) is 59.1 Å². The number of carbonyl (C=O) groups is 2. The van der Waals surface area contributed by atoms with Crippen molar-refractivity contribution in [2.75, 3.05) is 38.0 Å². The van der Waals surface area contributed by atoms with Crippen LogP contribution in [-0.2, 0) is 13.1 Å². The molecular formula is C36H38F2N8O4. The Bertz CT molecular complexity index is 1990. The second kappa shape index (κ2) is 15.7. The van der Waals surface area contributed by atoms with Gasteiger partial charge >= 0.3 is 0 Å². The summed E-state index contributed by atoms with van der Waals surface area (Å²) in [5.74, 6) is -0.829. The van der Waals surface area contributed by atoms with Gasteiger partial charge in [0.25, 0.3) is 0 Å². The number of aryl methyl sites for hydroxylation is 4. The zero-order valence-corrected chi connectivity index (χ0v) is 27.7. The van der Waals surface area contributed by atoms with Gasteiger partial charge in [-0.2, -0.15) is 0 Å². The highest BCUT2D eigenvalue weighted by Gasteiger charge is 2.27. The summed E-state index contributed by atoms with van der Waals surface area (Å²) < 4.78 is 29.8. The molecule has 260 valence electrons. The number of fused-ring (bicyclic) bond motifs is 2. The smallest absolute Gasteiger partial charge is 0.210 e. The summed E-state index contributed by atoms with van der Waals surface area (Å²) in [5, 5.41) is 19.4. The van der Waals surface area contributed by atoms with E-state index < -0.39 is 24.9 Å². The molecule has 6 rings (SSSR count). The van der Waals surface area contributed by atoms with E-state index >= 15 is 0 Å². The molecule has 0 bridgehead atoms. The fraction of sp³-hybridized carbons (Fsp3) is 0.278. The van der Waals surface area contributed by atoms with Gasteiger partial charge in [0, 0.05) is 37.4 Å². The standard InChI is InChI=1S/2C18H19FN4O2/c2*1-11-3-5-12(6-4-11)14-15-17(20)21-10-22-18(15)23(7-2-8-24)16(14)13(25)9-19/h2*3-6,10,24H,2,7-9H2,1H3,(H2,20,21,22). The first-order chi connectivity index (χ1) is 24.2. The van der Waals surface area contributed by atoms with Crippen molar-refractivity contribution in [2.24, 2.45) is 0 Å². The van der Waals surface area contributed by atoms with Crippen LogP contribution in [-0.4, -0.2) is 77.4 Å². The van der Waals surface area contributed by atoms with Gasteiger partial charge in [-0.3, -0.25) is 9.59 Å². The van der Waals surface area contributed by atoms with Gasteiger partial charge in [0.05, 0.1) is 22.2 Å². The van der Waals surface area contributed by atoms with Crippen molar-refractivity contribution < 1.29 is 28.6 Å². The van der Waals surface area contributed by atoms with Crippen molar-refractivity contribution in [3.05, 3.63) is 83.7 Å². The van der Waals surface area contributed by atoms with Crippen LogP contribution >= 0.6 is 0 Å². The Morgan fingerprint density at radius 1 is 0.640 bits per heavy atom. The van der Waals surface area contributed by atoms with Crippen LogP contribution in [0.5, 0.6) is 0 Å². The SMILES string of the molecule is Cc1ccc(-c2c(C(=O)CF)n(CCCO)c3ncnc(N)c23)cc1.Cc1ccc(-c2c(C(=O)CF)n(CCCO)c3ncnc(N)c23)cc1. The molecule has 0 saturated heterocycles. The number of aromatic nitrogens is 6. The summed E-state index contributed by atoms with van der Waals surface area (Å²) in [4.78, 5) is 41.3. The lowest BCUT2D eigenvalue weighted by atomic mass is 10.00. The van der Waals surface area contributed by atoms with Crippen molar-refractivity contribution in [1.82, 2.24) is 29.1 Å². The number of halogens is 2. The number of rotatable bonds is 12. The van der Waals surface area contributed by atoms with Crippen LogP contribution in [0.15, 0.2) is 61.2 Å². The summed E-state index contributed by atoms with van der Waals surface area (Å²) in [6, 6.07) is 15.1. The molecule has 14 heteroatoms. The normalized spacial score (nSPS) is 11.2. The zero-order chi connectivity index (χ0) is 35.9. The van der Waals surface area contributed by atoms with Crippen molar-refractivity contribution in [3.63, 3.8) is 0 Å². The van der Waals surface area contributed by atoms with Crippen molar-refractivity contribution in [3.8, 4) is 22.3 Å². The molecule has 0 aliphatic rings. The molecule has 0 atom stereocenters. The number of hydrogen-bond acceptors (Lipinski definition) is 10. The van der Waals surface area contributed by atoms with Crippen molar-refractivity contribution in [2.45, 2.75) is 39.8 Å². The van der Waals surface area contributed by atoms with E-state index in [4.69, 9.17) is 21.7 Å². The van der Waals surface area contributed by atoms with E-state index in [1.54, 1.807) is 9.13 Å². The predicted octanol–water partition coefficient (Wildman–Crippen LogP) is 5.05. The zero-order valence-electron chi connectivity index (χ0n) is 27.7. The average Bonchev–Trinajstić information content (AvgIpc) is 3.64. The molecule has 0 aliphatic carbocycles. The van der Waals surface area contributed by atoms with E-state index in [0.717, 1.165) is 22.3 Å². The second-order valence-electron chi connectivity index (χ2n) is 11.7. The van der Waals surface area contributed by atoms with Gasteiger partial charge in [-0.1, -0.05) is 59.7 Å². The monoisotopic (exact) mass is 684 g/mol. The minimum absolute atomic E-state index is 0.0522. The maximum absolute atomic E-state index is 13.3. The minimum Gasteiger partial charge on any atom is -0.396 e. The molecule has 50 heavy (non-hydrogen) atoms. The molecule has 12 nitrogen and oxygen atoms in total. The number of nitrogen functional groups attached to an aromatic ring is 2. The lowest BCUT2D eigenvalue weighted by molar-refractivity contribution is 0.0943. The van der Waals surface area contributed by atoms with E-state index in [-0.39, 0.29) is 36.2 Å². The quantitative estimate of drug-likeness (QED) is 0.127. The van der Waals surface area contributed by atoms with Gasteiger partial charge in [0.15, 0.2) is 13.3 Å². The molecule has 0 fully saturated rings. The predicted molar refractivity (Wildman–Crippen MR) is 188 cm³/mol. The van der Waals surface area contributed by atoms with E-state index in [2.05, 4.69) is 19.9 Å². The van der Waals surface area contributed by atoms with E-state index in [1.165, 1.54) is 12.7 Å². The molecular weight excluding hydrogens is 646 g/mol. The number of carbonyl (C=O) groups excluding carboxylic acids is 2. The lowest BCUT2D eigenvalue weighted by Crippen LogP contribution is -2.13. The maximum Gasteiger partial charge on any atom is 0.210 e. The first-order valence-electron chi connectivity index (χ1n) is 16.0. The summed E-state index contributed by atoms with van der Waals surface area (Å²) in [6.07, 6.45) is 3.45. The molecule has 0 radical (unpaired) electrons. The molecule has 0 aliphatic heterocycles. The van der Waals surface area contributed by atoms with Crippen molar-refractivity contribution >= 4 is 45.3 Å². The molecule has 0 saturated carbocycles. The molecule has 0 amide bonds. The first-order valence-corrected chi connectivity index (χ1v) is 16.0. The average molecular weight is 685 g/mol. The van der Waals surface area contributed by atoms with Gasteiger partial charge in [-0.25, -0.2) is 28.7 Å². The molecule has 0 spiro atoms. The highest BCUT2D eigenvalue weighted by molar-refractivity contribution is 6.14. The third-order valence-corrected chi connectivity index (χ3v) is 8.27. The Balaban J connectivity index is 0.000000194. The number of nitrogens with zero attached hydrogens (tertiary/aromatic N) is 6. The molecule has 0 unspecified atom stereocenters. The van der Waals surface area contributed by atoms with E-state index in [9.17, 15) is 18.4 Å². The fourth-order valence-corrected chi connectivity index (χ4v) is 5.99. The Labute approximate surface area is 286 Å². The number of Topliss-reactive ketones (excluding diaryl/α,β-unsaturated/α-hetero) is 2. The summed E-state index contributed by atoms with van der Waals surface area (Å²) in [6.45, 7) is 2.22. The van der Waals surface area contributed by atoms with Crippen LogP contribution in [0.1, 0.15) is 44.9 Å². The van der Waals surface area contributed by atoms with E-state index in [1.807, 2.05) is 62.4 Å². The number of benzene rings is 2. The van der Waals surface area contributed by atoms with Gasteiger partial charge in [-0.15, -0.1) is 0 Å². The van der Waals surface area contributed by atoms with Crippen LogP contribution in [0.25, 0.3) is 44.3 Å². The van der Waals surface area contributed by atoms with Gasteiger partial charge in [-0.05, 0) is 37.8 Å². The number of alkyl halides is 2. The Kier molecular flexibility index (Phi) is 11.2. The van der Waals surface area contributed by atoms with Crippen LogP contribution in [0.4, 0.5) is 20.4 Å². The minimum atomic E-state index is -1.12. The van der Waals surface area contributed by atoms with Crippen LogP contribution in [0.2, 0.25) is 0 Å². The second-order valence-corrected chi connectivity index (χ2v) is 11.7. The van der Waals surface area contributed by atoms with Gasteiger partial charge in [0.1, 0.15) is 35.6 Å². The number of aliphatic hydroxyl groups is 2. The van der Waals surface area contributed by atoms with Crippen LogP contribution in [0.3, 0.4) is 0 Å². The highest BCUT2D eigenvalue weighted by atomic mass is 19.1. The highest BCUT2D eigenvalue weighted by Crippen LogP contribution is 2.38. The maximum atomic E-state index is 13.3. The number of hydrogen-bond donors (Lipinski definition) is 4. The molecule has 4 heterocycles. The lowest BCUT2D eigenvalue weighted by Gasteiger charge is -2.09.